The quantitative estimate of drug-likeness (QED) is 0.575. The molecule has 1 unspecified atom stereocenters. The number of methoxy groups -OCH3 is 1. The lowest BCUT2D eigenvalue weighted by molar-refractivity contribution is -0.131. The molecule has 1 atom stereocenters. The number of hydrogen-bond donors (Lipinski definition) is 0. The molecular formula is C22H20N2O5. The molecule has 0 aliphatic carbocycles. The highest BCUT2D eigenvalue weighted by Crippen LogP contribution is 2.25. The first-order valence-electron chi connectivity index (χ1n) is 9.44. The van der Waals surface area contributed by atoms with E-state index < -0.39 is 23.8 Å². The van der Waals surface area contributed by atoms with Crippen LogP contribution in [0.15, 0.2) is 48.5 Å². The third-order valence-electron chi connectivity index (χ3n) is 5.42. The first-order valence-corrected chi connectivity index (χ1v) is 9.44. The van der Waals surface area contributed by atoms with Gasteiger partial charge >= 0.3 is 0 Å². The lowest BCUT2D eigenvalue weighted by Gasteiger charge is -2.25. The van der Waals surface area contributed by atoms with Crippen molar-refractivity contribution in [2.24, 2.45) is 0 Å². The number of ketones is 1. The summed E-state index contributed by atoms with van der Waals surface area (Å²) in [6, 6.07) is 12.7. The summed E-state index contributed by atoms with van der Waals surface area (Å²) in [7, 11) is 1.55. The van der Waals surface area contributed by atoms with E-state index in [0.717, 1.165) is 4.90 Å². The van der Waals surface area contributed by atoms with E-state index in [-0.39, 0.29) is 12.3 Å². The van der Waals surface area contributed by atoms with E-state index in [9.17, 15) is 19.2 Å². The molecule has 7 heteroatoms. The Labute approximate surface area is 167 Å². The number of imide groups is 1. The van der Waals surface area contributed by atoms with Crippen molar-refractivity contribution in [3.63, 3.8) is 0 Å². The molecule has 29 heavy (non-hydrogen) atoms. The SMILES string of the molecule is COc1ccc(C(=O)C2CCCN2C(=O)CN2C(=O)c3ccccc3C2=O)cc1. The molecule has 0 bridgehead atoms. The first-order chi connectivity index (χ1) is 14.0. The number of carbonyl (C=O) groups excluding carboxylic acids is 4. The fourth-order valence-electron chi connectivity index (χ4n) is 3.89. The minimum Gasteiger partial charge on any atom is -0.497 e. The van der Waals surface area contributed by atoms with E-state index in [1.165, 1.54) is 4.90 Å². The highest BCUT2D eigenvalue weighted by atomic mass is 16.5. The van der Waals surface area contributed by atoms with E-state index in [0.29, 0.717) is 41.8 Å². The van der Waals surface area contributed by atoms with Gasteiger partial charge in [-0.25, -0.2) is 0 Å². The van der Waals surface area contributed by atoms with Gasteiger partial charge in [-0.05, 0) is 49.2 Å². The molecule has 7 nitrogen and oxygen atoms in total. The summed E-state index contributed by atoms with van der Waals surface area (Å²) in [5.41, 5.74) is 1.10. The molecule has 1 saturated heterocycles. The third kappa shape index (κ3) is 3.29. The number of hydrogen-bond acceptors (Lipinski definition) is 5. The predicted molar refractivity (Wildman–Crippen MR) is 104 cm³/mol. The molecule has 0 spiro atoms. The van der Waals surface area contributed by atoms with Crippen LogP contribution in [0.1, 0.15) is 43.9 Å². The Bertz CT molecular complexity index is 964. The second-order valence-electron chi connectivity index (χ2n) is 7.08. The van der Waals surface area contributed by atoms with E-state index >= 15 is 0 Å². The van der Waals surface area contributed by atoms with Crippen molar-refractivity contribution in [2.45, 2.75) is 18.9 Å². The van der Waals surface area contributed by atoms with Gasteiger partial charge in [0.25, 0.3) is 11.8 Å². The molecule has 0 N–H and O–H groups in total. The number of fused-ring (bicyclic) bond motifs is 1. The summed E-state index contributed by atoms with van der Waals surface area (Å²) in [5.74, 6) is -0.858. The lowest BCUT2D eigenvalue weighted by Crippen LogP contribution is -2.46. The van der Waals surface area contributed by atoms with Gasteiger partial charge in [0.05, 0.1) is 24.3 Å². The van der Waals surface area contributed by atoms with Gasteiger partial charge in [-0.2, -0.15) is 0 Å². The molecule has 0 radical (unpaired) electrons. The normalized spacial score (nSPS) is 18.2. The van der Waals surface area contributed by atoms with Gasteiger partial charge in [0, 0.05) is 12.1 Å². The summed E-state index contributed by atoms with van der Waals surface area (Å²) >= 11 is 0. The molecule has 0 saturated carbocycles. The second kappa shape index (κ2) is 7.50. The molecule has 4 rings (SSSR count). The van der Waals surface area contributed by atoms with Crippen molar-refractivity contribution in [3.8, 4) is 5.75 Å². The number of nitrogens with zero attached hydrogens (tertiary/aromatic N) is 2. The van der Waals surface area contributed by atoms with Gasteiger partial charge in [0.2, 0.25) is 5.91 Å². The maximum Gasteiger partial charge on any atom is 0.262 e. The maximum atomic E-state index is 12.9. The summed E-state index contributed by atoms with van der Waals surface area (Å²) in [6.45, 7) is 0.0628. The number of benzene rings is 2. The number of rotatable bonds is 5. The van der Waals surface area contributed by atoms with Crippen LogP contribution in [-0.4, -0.2) is 59.5 Å². The van der Waals surface area contributed by atoms with Gasteiger partial charge in [-0.15, -0.1) is 0 Å². The smallest absolute Gasteiger partial charge is 0.262 e. The summed E-state index contributed by atoms with van der Waals surface area (Å²) < 4.78 is 5.11. The Morgan fingerprint density at radius 2 is 1.62 bits per heavy atom. The zero-order valence-corrected chi connectivity index (χ0v) is 16.0. The number of carbonyl (C=O) groups is 4. The predicted octanol–water partition coefficient (Wildman–Crippen LogP) is 2.17. The fourth-order valence-corrected chi connectivity index (χ4v) is 3.89. The summed E-state index contributed by atoms with van der Waals surface area (Å²) in [5, 5.41) is 0. The number of likely N-dealkylation sites (tertiary alicyclic amines) is 1. The molecule has 3 amide bonds. The van der Waals surface area contributed by atoms with Gasteiger partial charge in [0.15, 0.2) is 5.78 Å². The third-order valence-corrected chi connectivity index (χ3v) is 5.42. The molecule has 2 aliphatic rings. The van der Waals surface area contributed by atoms with Crippen LogP contribution in [0.25, 0.3) is 0 Å². The monoisotopic (exact) mass is 392 g/mol. The van der Waals surface area contributed by atoms with E-state index in [2.05, 4.69) is 0 Å². The van der Waals surface area contributed by atoms with Crippen LogP contribution in [0.4, 0.5) is 0 Å². The van der Waals surface area contributed by atoms with Crippen LogP contribution in [0.5, 0.6) is 5.75 Å². The van der Waals surface area contributed by atoms with Crippen LogP contribution in [0.3, 0.4) is 0 Å². The molecule has 1 fully saturated rings. The standard InChI is InChI=1S/C22H20N2O5/c1-29-15-10-8-14(9-11-15)20(26)18-7-4-12-23(18)19(25)13-24-21(27)16-5-2-3-6-17(16)22(24)28/h2-3,5-6,8-11,18H,4,7,12-13H2,1H3. The van der Waals surface area contributed by atoms with Gasteiger partial charge in [-0.1, -0.05) is 12.1 Å². The second-order valence-corrected chi connectivity index (χ2v) is 7.08. The van der Waals surface area contributed by atoms with Crippen molar-refractivity contribution in [1.82, 2.24) is 9.80 Å². The largest absolute Gasteiger partial charge is 0.497 e. The van der Waals surface area contributed by atoms with E-state index in [1.54, 1.807) is 55.6 Å². The number of ether oxygens (including phenoxy) is 1. The maximum absolute atomic E-state index is 12.9. The Morgan fingerprint density at radius 3 is 2.21 bits per heavy atom. The highest BCUT2D eigenvalue weighted by molar-refractivity contribution is 6.22. The minimum atomic E-state index is -0.592. The van der Waals surface area contributed by atoms with Crippen molar-refractivity contribution in [1.29, 1.82) is 0 Å². The Morgan fingerprint density at radius 1 is 1.00 bits per heavy atom. The average molecular weight is 392 g/mol. The minimum absolute atomic E-state index is 0.152. The Hall–Kier alpha value is -3.48. The van der Waals surface area contributed by atoms with Crippen LogP contribution >= 0.6 is 0 Å². The molecule has 0 aromatic heterocycles. The molecule has 2 heterocycles. The zero-order chi connectivity index (χ0) is 20.5. The summed E-state index contributed by atoms with van der Waals surface area (Å²) in [4.78, 5) is 53.3. The first kappa shape index (κ1) is 18.9. The molecule has 2 aliphatic heterocycles. The number of Topliss-reactive ketones (excluding diaryl/α,β-unsaturated/α-hetero) is 1. The van der Waals surface area contributed by atoms with Crippen molar-refractivity contribution in [3.05, 3.63) is 65.2 Å². The molecule has 2 aromatic carbocycles. The lowest BCUT2D eigenvalue weighted by atomic mass is 10.0. The zero-order valence-electron chi connectivity index (χ0n) is 16.0. The van der Waals surface area contributed by atoms with Gasteiger partial charge < -0.3 is 9.64 Å². The fraction of sp³-hybridized carbons (Fsp3) is 0.273. The van der Waals surface area contributed by atoms with E-state index in [4.69, 9.17) is 4.74 Å². The summed E-state index contributed by atoms with van der Waals surface area (Å²) in [6.07, 6.45) is 1.25. The Kier molecular flexibility index (Phi) is 4.88. The van der Waals surface area contributed by atoms with Crippen molar-refractivity contribution >= 4 is 23.5 Å². The van der Waals surface area contributed by atoms with Crippen molar-refractivity contribution in [2.75, 3.05) is 20.2 Å². The van der Waals surface area contributed by atoms with Crippen molar-refractivity contribution < 1.29 is 23.9 Å². The number of amides is 3. The molecule has 148 valence electrons. The van der Waals surface area contributed by atoms with Crippen LogP contribution in [-0.2, 0) is 4.79 Å². The van der Waals surface area contributed by atoms with Gasteiger partial charge in [0.1, 0.15) is 12.3 Å². The van der Waals surface area contributed by atoms with Crippen LogP contribution in [0, 0.1) is 0 Å². The average Bonchev–Trinajstić information content (AvgIpc) is 3.33. The van der Waals surface area contributed by atoms with Crippen LogP contribution in [0.2, 0.25) is 0 Å². The van der Waals surface area contributed by atoms with Crippen LogP contribution < -0.4 is 4.74 Å². The van der Waals surface area contributed by atoms with E-state index in [1.807, 2.05) is 0 Å². The van der Waals surface area contributed by atoms with Gasteiger partial charge in [-0.3, -0.25) is 24.1 Å². The molecule has 2 aromatic rings. The highest BCUT2D eigenvalue weighted by Gasteiger charge is 2.40. The topological polar surface area (TPSA) is 84.0 Å². The molecular weight excluding hydrogens is 372 g/mol. The Balaban J connectivity index is 1.49.